The molecule has 0 unspecified atom stereocenters. The van der Waals surface area contributed by atoms with Crippen molar-refractivity contribution in [3.8, 4) is 0 Å². The molecular formula is C14H9Cl2N3O4S. The second kappa shape index (κ2) is 5.66. The Bertz CT molecular complexity index is 1200. The summed E-state index contributed by atoms with van der Waals surface area (Å²) in [6, 6.07) is 7.61. The lowest BCUT2D eigenvalue weighted by molar-refractivity contribution is 0.582. The normalized spacial score (nSPS) is 11.8. The zero-order valence-corrected chi connectivity index (χ0v) is 14.1. The molecule has 0 aliphatic rings. The number of aromatic nitrogens is 2. The molecule has 0 spiro atoms. The molecule has 3 aromatic rings. The van der Waals surface area contributed by atoms with E-state index in [0.29, 0.717) is 5.02 Å². The molecule has 3 rings (SSSR count). The van der Waals surface area contributed by atoms with Crippen LogP contribution in [0.4, 0.5) is 5.69 Å². The molecule has 0 saturated heterocycles. The average molecular weight is 386 g/mol. The number of fused-ring (bicyclic) bond motifs is 1. The number of H-pyrrole nitrogens is 1. The van der Waals surface area contributed by atoms with Gasteiger partial charge in [-0.15, -0.1) is 3.97 Å². The van der Waals surface area contributed by atoms with Crippen molar-refractivity contribution in [1.82, 2.24) is 8.96 Å². The number of nitrogen functional groups attached to an aromatic ring is 1. The Morgan fingerprint density at radius 1 is 1.04 bits per heavy atom. The highest BCUT2D eigenvalue weighted by atomic mass is 35.5. The van der Waals surface area contributed by atoms with Gasteiger partial charge in [-0.25, -0.2) is 13.2 Å². The number of nitrogens with two attached hydrogens (primary N) is 1. The summed E-state index contributed by atoms with van der Waals surface area (Å²) >= 11 is 11.6. The summed E-state index contributed by atoms with van der Waals surface area (Å²) in [6.07, 6.45) is 0. The Hall–Kier alpha value is -2.29. The molecule has 1 heterocycles. The molecule has 0 aliphatic carbocycles. The molecular weight excluding hydrogens is 377 g/mol. The minimum atomic E-state index is -4.45. The summed E-state index contributed by atoms with van der Waals surface area (Å²) in [6.45, 7) is 0. The molecule has 3 N–H and O–H groups in total. The first-order valence-electron chi connectivity index (χ1n) is 6.47. The number of hydrogen-bond donors (Lipinski definition) is 2. The van der Waals surface area contributed by atoms with Crippen LogP contribution in [-0.4, -0.2) is 17.4 Å². The molecule has 2 aromatic carbocycles. The molecule has 1 aromatic heterocycles. The third kappa shape index (κ3) is 2.58. The minimum absolute atomic E-state index is 0.00418. The summed E-state index contributed by atoms with van der Waals surface area (Å²) in [5, 5.41) is 0.455. The van der Waals surface area contributed by atoms with Gasteiger partial charge in [-0.05, 0) is 36.4 Å². The predicted octanol–water partition coefficient (Wildman–Crippen LogP) is 1.82. The number of rotatable bonds is 2. The van der Waals surface area contributed by atoms with Gasteiger partial charge in [-0.3, -0.25) is 4.79 Å². The predicted molar refractivity (Wildman–Crippen MR) is 92.3 cm³/mol. The van der Waals surface area contributed by atoms with Crippen molar-refractivity contribution in [2.24, 2.45) is 0 Å². The second-order valence-corrected chi connectivity index (χ2v) is 7.51. The van der Waals surface area contributed by atoms with E-state index in [4.69, 9.17) is 28.9 Å². The van der Waals surface area contributed by atoms with E-state index in [0.717, 1.165) is 12.1 Å². The lowest BCUT2D eigenvalue weighted by atomic mass is 10.2. The molecule has 24 heavy (non-hydrogen) atoms. The number of aromatic amines is 1. The number of benzene rings is 2. The molecule has 7 nitrogen and oxygen atoms in total. The molecule has 0 bridgehead atoms. The van der Waals surface area contributed by atoms with Gasteiger partial charge in [0.05, 0.1) is 26.5 Å². The van der Waals surface area contributed by atoms with Crippen molar-refractivity contribution in [1.29, 1.82) is 0 Å². The zero-order chi connectivity index (χ0) is 17.6. The fourth-order valence-electron chi connectivity index (χ4n) is 2.18. The quantitative estimate of drug-likeness (QED) is 0.652. The Morgan fingerprint density at radius 3 is 2.42 bits per heavy atom. The van der Waals surface area contributed by atoms with E-state index in [2.05, 4.69) is 4.98 Å². The first-order valence-corrected chi connectivity index (χ1v) is 8.66. The van der Waals surface area contributed by atoms with Crippen molar-refractivity contribution < 1.29 is 8.42 Å². The van der Waals surface area contributed by atoms with Crippen LogP contribution in [0.2, 0.25) is 10.0 Å². The SMILES string of the molecule is Nc1cc(S(=O)(=O)n2c(=O)[nH]c3cc(Cl)ccc3c2=O)ccc1Cl. The van der Waals surface area contributed by atoms with Crippen LogP contribution in [0.3, 0.4) is 0 Å². The van der Waals surface area contributed by atoms with Crippen LogP contribution >= 0.6 is 23.2 Å². The van der Waals surface area contributed by atoms with Crippen LogP contribution < -0.4 is 17.0 Å². The van der Waals surface area contributed by atoms with Crippen LogP contribution in [0.25, 0.3) is 10.9 Å². The van der Waals surface area contributed by atoms with Crippen molar-refractivity contribution in [2.75, 3.05) is 5.73 Å². The van der Waals surface area contributed by atoms with Crippen LogP contribution in [0.15, 0.2) is 50.9 Å². The van der Waals surface area contributed by atoms with Gasteiger partial charge in [0.2, 0.25) is 0 Å². The Labute approximate surface area is 145 Å². The highest BCUT2D eigenvalue weighted by Gasteiger charge is 2.23. The summed E-state index contributed by atoms with van der Waals surface area (Å²) < 4.78 is 25.5. The summed E-state index contributed by atoms with van der Waals surface area (Å²) in [4.78, 5) is 26.7. The van der Waals surface area contributed by atoms with Gasteiger partial charge in [0.1, 0.15) is 0 Å². The van der Waals surface area contributed by atoms with Crippen molar-refractivity contribution in [3.63, 3.8) is 0 Å². The van der Waals surface area contributed by atoms with Gasteiger partial charge in [0, 0.05) is 5.02 Å². The Kier molecular flexibility index (Phi) is 3.90. The third-order valence-electron chi connectivity index (χ3n) is 3.33. The summed E-state index contributed by atoms with van der Waals surface area (Å²) in [7, 11) is -4.45. The first kappa shape index (κ1) is 16.6. The lowest BCUT2D eigenvalue weighted by Gasteiger charge is -2.09. The standard InChI is InChI=1S/C14H9Cl2N3O4S/c15-7-1-3-9-12(5-7)18-14(21)19(13(9)20)24(22,23)8-2-4-10(16)11(17)6-8/h1-6H,17H2,(H,18,21). The monoisotopic (exact) mass is 385 g/mol. The average Bonchev–Trinajstić information content (AvgIpc) is 2.49. The largest absolute Gasteiger partial charge is 0.397 e. The zero-order valence-electron chi connectivity index (χ0n) is 11.8. The lowest BCUT2D eigenvalue weighted by Crippen LogP contribution is -2.40. The third-order valence-corrected chi connectivity index (χ3v) is 5.57. The number of halogens is 2. The maximum Gasteiger partial charge on any atom is 0.343 e. The second-order valence-electron chi connectivity index (χ2n) is 4.88. The van der Waals surface area contributed by atoms with Gasteiger partial charge in [-0.2, -0.15) is 0 Å². The van der Waals surface area contributed by atoms with Crippen LogP contribution in [-0.2, 0) is 10.0 Å². The van der Waals surface area contributed by atoms with E-state index in [-0.39, 0.29) is 30.5 Å². The molecule has 0 aliphatic heterocycles. The summed E-state index contributed by atoms with van der Waals surface area (Å²) in [5.74, 6) is 0. The topological polar surface area (TPSA) is 115 Å². The number of nitrogens with zero attached hydrogens (tertiary/aromatic N) is 1. The molecule has 0 amide bonds. The smallest absolute Gasteiger partial charge is 0.343 e. The summed E-state index contributed by atoms with van der Waals surface area (Å²) in [5.41, 5.74) is 3.65. The Balaban J connectivity index is 2.36. The van der Waals surface area contributed by atoms with E-state index >= 15 is 0 Å². The molecule has 0 radical (unpaired) electrons. The van der Waals surface area contributed by atoms with Crippen molar-refractivity contribution in [2.45, 2.75) is 4.90 Å². The highest BCUT2D eigenvalue weighted by molar-refractivity contribution is 7.90. The molecule has 0 atom stereocenters. The number of hydrogen-bond acceptors (Lipinski definition) is 5. The van der Waals surface area contributed by atoms with E-state index in [9.17, 15) is 18.0 Å². The van der Waals surface area contributed by atoms with E-state index in [1.165, 1.54) is 24.3 Å². The Morgan fingerprint density at radius 2 is 1.75 bits per heavy atom. The van der Waals surface area contributed by atoms with Crippen molar-refractivity contribution in [3.05, 3.63) is 67.3 Å². The van der Waals surface area contributed by atoms with Crippen LogP contribution in [0.1, 0.15) is 0 Å². The van der Waals surface area contributed by atoms with Gasteiger partial charge < -0.3 is 10.7 Å². The molecule has 0 fully saturated rings. The fourth-order valence-corrected chi connectivity index (χ4v) is 3.78. The highest BCUT2D eigenvalue weighted by Crippen LogP contribution is 2.23. The van der Waals surface area contributed by atoms with Crippen LogP contribution in [0.5, 0.6) is 0 Å². The number of anilines is 1. The molecule has 0 saturated carbocycles. The molecule has 124 valence electrons. The van der Waals surface area contributed by atoms with Crippen molar-refractivity contribution >= 4 is 49.8 Å². The van der Waals surface area contributed by atoms with Gasteiger partial charge in [-0.1, -0.05) is 23.2 Å². The fraction of sp³-hybridized carbons (Fsp3) is 0. The van der Waals surface area contributed by atoms with Gasteiger partial charge in [0.25, 0.3) is 15.6 Å². The first-order chi connectivity index (χ1) is 11.2. The number of nitrogens with one attached hydrogen (secondary N) is 1. The van der Waals surface area contributed by atoms with Gasteiger partial charge in [0.15, 0.2) is 0 Å². The van der Waals surface area contributed by atoms with E-state index in [1.807, 2.05) is 0 Å². The van der Waals surface area contributed by atoms with E-state index in [1.54, 1.807) is 0 Å². The van der Waals surface area contributed by atoms with E-state index < -0.39 is 21.3 Å². The maximum atomic E-state index is 12.7. The van der Waals surface area contributed by atoms with Crippen LogP contribution in [0, 0.1) is 0 Å². The molecule has 10 heteroatoms. The maximum absolute atomic E-state index is 12.7. The minimum Gasteiger partial charge on any atom is -0.397 e. The van der Waals surface area contributed by atoms with Gasteiger partial charge >= 0.3 is 5.69 Å².